The Morgan fingerprint density at radius 3 is 1.55 bits per heavy atom. The number of rotatable bonds is 34. The first-order chi connectivity index (χ1) is 35.4. The highest BCUT2D eigenvalue weighted by Gasteiger charge is 2.43. The van der Waals surface area contributed by atoms with Gasteiger partial charge in [0, 0.05) is 13.0 Å². The summed E-state index contributed by atoms with van der Waals surface area (Å²) < 4.78 is 0. The van der Waals surface area contributed by atoms with Crippen LogP contribution in [0.3, 0.4) is 0 Å². The Bertz CT molecular complexity index is 2040. The second kappa shape index (κ2) is 32.8. The van der Waals surface area contributed by atoms with Crippen molar-refractivity contribution in [3.8, 4) is 0 Å². The van der Waals surface area contributed by atoms with Gasteiger partial charge in [0.25, 0.3) is 0 Å². The highest BCUT2D eigenvalue weighted by molar-refractivity contribution is 5.99. The molecule has 10 amide bonds. The third kappa shape index (κ3) is 21.6. The minimum Gasteiger partial charge on any atom is -0.481 e. The lowest BCUT2D eigenvalue weighted by molar-refractivity contribution is -0.146. The molecule has 29 heteroatoms. The SMILES string of the molecule is CC[C@H](C)[C@H](NC(=O)[C@@H]1CCCN1C(=O)[C@@H](NC(=O)[C@H](CO)NC(=O)[C@H](CCC(=O)O)NC(=O)[C@@H](NC(=O)[C@@H](NC(=O)[C@H](CC(N)=O)NC(=O)[C@@H](N)CCCCN)C(C)C)C(C)C)[C@@H](C)O)C(=O)N[C@H](C(=O)O)[C@@H](C)O. The molecule has 0 aromatic heterocycles. The molecule has 0 radical (unpaired) electrons. The second-order valence-electron chi connectivity index (χ2n) is 19.7. The molecule has 1 aliphatic heterocycles. The number of carboxylic acids is 2. The molecule has 432 valence electrons. The summed E-state index contributed by atoms with van der Waals surface area (Å²) >= 11 is 0. The van der Waals surface area contributed by atoms with Crippen molar-refractivity contribution in [1.82, 2.24) is 47.4 Å². The van der Waals surface area contributed by atoms with Crippen LogP contribution in [0.25, 0.3) is 0 Å². The van der Waals surface area contributed by atoms with Crippen LogP contribution in [0.1, 0.15) is 113 Å². The van der Waals surface area contributed by atoms with Crippen LogP contribution in [-0.2, 0) is 57.5 Å². The highest BCUT2D eigenvalue weighted by atomic mass is 16.4. The molecule has 0 aliphatic carbocycles. The zero-order valence-corrected chi connectivity index (χ0v) is 44.5. The van der Waals surface area contributed by atoms with E-state index in [1.54, 1.807) is 27.7 Å². The fourth-order valence-corrected chi connectivity index (χ4v) is 7.87. The number of aliphatic hydroxyl groups is 3. The summed E-state index contributed by atoms with van der Waals surface area (Å²) in [7, 11) is 0. The van der Waals surface area contributed by atoms with Crippen molar-refractivity contribution in [3.63, 3.8) is 0 Å². The molecule has 1 rings (SSSR count). The van der Waals surface area contributed by atoms with E-state index < -0.39 is 187 Å². The molecule has 13 atom stereocenters. The van der Waals surface area contributed by atoms with Gasteiger partial charge >= 0.3 is 11.9 Å². The van der Waals surface area contributed by atoms with Crippen molar-refractivity contribution >= 4 is 71.0 Å². The third-order valence-electron chi connectivity index (χ3n) is 12.7. The summed E-state index contributed by atoms with van der Waals surface area (Å²) in [6.07, 6.45) is -3.15. The second-order valence-corrected chi connectivity index (χ2v) is 19.7. The number of aliphatic carboxylic acids is 2. The molecule has 0 saturated carbocycles. The predicted molar refractivity (Wildman–Crippen MR) is 269 cm³/mol. The van der Waals surface area contributed by atoms with Crippen molar-refractivity contribution in [2.24, 2.45) is 35.0 Å². The lowest BCUT2D eigenvalue weighted by Crippen LogP contribution is -2.63. The molecule has 76 heavy (non-hydrogen) atoms. The van der Waals surface area contributed by atoms with E-state index >= 15 is 0 Å². The molecule has 0 spiro atoms. The molecule has 1 aliphatic rings. The van der Waals surface area contributed by atoms with Gasteiger partial charge in [-0.05, 0) is 70.3 Å². The lowest BCUT2D eigenvalue weighted by atomic mass is 9.97. The van der Waals surface area contributed by atoms with Gasteiger partial charge in [0.15, 0.2) is 6.04 Å². The summed E-state index contributed by atoms with van der Waals surface area (Å²) in [5, 5.41) is 68.8. The number of nitrogens with zero attached hydrogens (tertiary/aromatic N) is 1. The molecule has 29 nitrogen and oxygen atoms in total. The fourth-order valence-electron chi connectivity index (χ4n) is 7.87. The van der Waals surface area contributed by atoms with E-state index in [0.717, 1.165) is 18.7 Å². The Balaban J connectivity index is 3.32. The van der Waals surface area contributed by atoms with Crippen LogP contribution in [0, 0.1) is 17.8 Å². The van der Waals surface area contributed by atoms with Crippen LogP contribution >= 0.6 is 0 Å². The smallest absolute Gasteiger partial charge is 0.328 e. The van der Waals surface area contributed by atoms with Crippen molar-refractivity contribution in [1.29, 1.82) is 0 Å². The zero-order chi connectivity index (χ0) is 58.3. The van der Waals surface area contributed by atoms with Crippen LogP contribution < -0.4 is 59.7 Å². The standard InChI is InChI=1S/C47H82N12O17/c1-9-23(6)35(45(73)58-37(25(8)62)47(75)76)56-42(70)30-14-12-18-59(30)46(74)36(24(7)61)57-41(69)29(20-60)53-39(67)27(15-16-32(64)65)51-43(71)33(21(2)3)55-44(72)34(22(4)5)54-40(68)28(19-31(50)63)52-38(66)26(49)13-10-11-17-48/h21-30,33-37,60-62H,9-20,48-49H2,1-8H3,(H2,50,63)(H,51,71)(H,52,66)(H,53,67)(H,54,68)(H,55,72)(H,56,70)(H,57,69)(H,58,73)(H,64,65)(H,75,76)/t23-,24+,25+,26-,27-,28-,29-,30-,33-,34-,35-,36-,37-/m0/s1. The summed E-state index contributed by atoms with van der Waals surface area (Å²) in [4.78, 5) is 159. The van der Waals surface area contributed by atoms with Crippen molar-refractivity contribution in [2.75, 3.05) is 19.7 Å². The number of carbonyl (C=O) groups is 12. The number of carboxylic acid groups (broad SMARTS) is 2. The van der Waals surface area contributed by atoms with E-state index in [-0.39, 0.29) is 25.8 Å². The van der Waals surface area contributed by atoms with E-state index in [1.807, 2.05) is 0 Å². The molecule has 0 aromatic rings. The largest absolute Gasteiger partial charge is 0.481 e. The number of aliphatic hydroxyl groups excluding tert-OH is 3. The number of likely N-dealkylation sites (tertiary alicyclic amines) is 1. The molecule has 1 heterocycles. The first kappa shape index (κ1) is 67.5. The van der Waals surface area contributed by atoms with Crippen molar-refractivity contribution in [3.05, 3.63) is 0 Å². The Hall–Kier alpha value is -6.56. The summed E-state index contributed by atoms with van der Waals surface area (Å²) in [6, 6.07) is -15.2. The minimum atomic E-state index is -1.90. The molecular formula is C47H82N12O17. The number of nitrogens with one attached hydrogen (secondary N) is 8. The average molecular weight is 1090 g/mol. The number of hydrogen-bond donors (Lipinski definition) is 16. The third-order valence-corrected chi connectivity index (χ3v) is 12.7. The first-order valence-corrected chi connectivity index (χ1v) is 25.3. The zero-order valence-electron chi connectivity index (χ0n) is 44.5. The lowest BCUT2D eigenvalue weighted by Gasteiger charge is -2.32. The maximum atomic E-state index is 14.0. The monoisotopic (exact) mass is 1090 g/mol. The van der Waals surface area contributed by atoms with Gasteiger partial charge in [0.2, 0.25) is 59.1 Å². The fraction of sp³-hybridized carbons (Fsp3) is 0.745. The number of hydrogen-bond acceptors (Lipinski definition) is 17. The van der Waals surface area contributed by atoms with E-state index in [2.05, 4.69) is 42.5 Å². The number of amides is 10. The molecule has 0 bridgehead atoms. The molecule has 0 unspecified atom stereocenters. The normalized spacial score (nSPS) is 18.1. The van der Waals surface area contributed by atoms with Crippen LogP contribution in [0.2, 0.25) is 0 Å². The van der Waals surface area contributed by atoms with Crippen molar-refractivity contribution < 1.29 is 83.1 Å². The maximum Gasteiger partial charge on any atom is 0.328 e. The topological polar surface area (TPSA) is 484 Å². The number of nitrogens with two attached hydrogens (primary N) is 3. The van der Waals surface area contributed by atoms with Gasteiger partial charge < -0.3 is 90.2 Å². The summed E-state index contributed by atoms with van der Waals surface area (Å²) in [5.74, 6) is -14.7. The molecule has 1 saturated heterocycles. The minimum absolute atomic E-state index is 0.0573. The summed E-state index contributed by atoms with van der Waals surface area (Å²) in [6.45, 7) is 10.9. The van der Waals surface area contributed by atoms with E-state index in [4.69, 9.17) is 17.2 Å². The van der Waals surface area contributed by atoms with Gasteiger partial charge in [-0.15, -0.1) is 0 Å². The predicted octanol–water partition coefficient (Wildman–Crippen LogP) is -5.75. The van der Waals surface area contributed by atoms with Gasteiger partial charge in [-0.3, -0.25) is 52.7 Å². The summed E-state index contributed by atoms with van der Waals surface area (Å²) in [5.41, 5.74) is 16.8. The molecular weight excluding hydrogens is 1000 g/mol. The highest BCUT2D eigenvalue weighted by Crippen LogP contribution is 2.21. The molecule has 1 fully saturated rings. The molecule has 19 N–H and O–H groups in total. The van der Waals surface area contributed by atoms with Gasteiger partial charge in [0.05, 0.1) is 31.3 Å². The van der Waals surface area contributed by atoms with Gasteiger partial charge in [-0.1, -0.05) is 54.4 Å². The van der Waals surface area contributed by atoms with Gasteiger partial charge in [-0.2, -0.15) is 0 Å². The van der Waals surface area contributed by atoms with Crippen LogP contribution in [0.5, 0.6) is 0 Å². The van der Waals surface area contributed by atoms with E-state index in [9.17, 15) is 83.1 Å². The average Bonchev–Trinajstić information content (AvgIpc) is 3.84. The van der Waals surface area contributed by atoms with Crippen molar-refractivity contribution in [2.45, 2.75) is 186 Å². The quantitative estimate of drug-likeness (QED) is 0.0267. The first-order valence-electron chi connectivity index (χ1n) is 25.3. The van der Waals surface area contributed by atoms with Crippen LogP contribution in [-0.4, -0.2) is 194 Å². The van der Waals surface area contributed by atoms with E-state index in [0.29, 0.717) is 25.8 Å². The Morgan fingerprint density at radius 1 is 0.592 bits per heavy atom. The molecule has 0 aromatic carbocycles. The van der Waals surface area contributed by atoms with Crippen LogP contribution in [0.15, 0.2) is 0 Å². The Labute approximate surface area is 441 Å². The van der Waals surface area contributed by atoms with E-state index in [1.165, 1.54) is 13.8 Å². The maximum absolute atomic E-state index is 14.0. The van der Waals surface area contributed by atoms with Gasteiger partial charge in [0.1, 0.15) is 48.3 Å². The number of unbranched alkanes of at least 4 members (excludes halogenated alkanes) is 1. The van der Waals surface area contributed by atoms with Gasteiger partial charge in [-0.25, -0.2) is 4.79 Å². The number of carbonyl (C=O) groups excluding carboxylic acids is 10. The number of primary amides is 1. The Kier molecular flexibility index (Phi) is 29.1. The Morgan fingerprint density at radius 2 is 1.07 bits per heavy atom. The van der Waals surface area contributed by atoms with Crippen LogP contribution in [0.4, 0.5) is 0 Å².